The summed E-state index contributed by atoms with van der Waals surface area (Å²) in [6.45, 7) is 0.367. The van der Waals surface area contributed by atoms with Crippen LogP contribution in [0.5, 0.6) is 11.5 Å². The van der Waals surface area contributed by atoms with Gasteiger partial charge in [-0.1, -0.05) is 23.7 Å². The Morgan fingerprint density at radius 1 is 1.10 bits per heavy atom. The number of halogens is 2. The van der Waals surface area contributed by atoms with Crippen molar-refractivity contribution in [2.45, 2.75) is 13.2 Å². The van der Waals surface area contributed by atoms with E-state index in [4.69, 9.17) is 26.2 Å². The fourth-order valence-electron chi connectivity index (χ4n) is 1.72. The van der Waals surface area contributed by atoms with Crippen LogP contribution < -0.4 is 9.47 Å². The smallest absolute Gasteiger partial charge is 0.138 e. The van der Waals surface area contributed by atoms with Crippen LogP contribution in [-0.2, 0) is 13.2 Å². The highest BCUT2D eigenvalue weighted by Gasteiger charge is 2.05. The molecule has 2 rings (SSSR count). The van der Waals surface area contributed by atoms with Gasteiger partial charge in [-0.15, -0.1) is 0 Å². The number of rotatable bonds is 5. The third kappa shape index (κ3) is 3.66. The normalized spacial score (nSPS) is 10.4. The lowest BCUT2D eigenvalue weighted by Crippen LogP contribution is -1.97. The van der Waals surface area contributed by atoms with Crippen molar-refractivity contribution in [3.8, 4) is 11.5 Å². The molecule has 0 aliphatic rings. The summed E-state index contributed by atoms with van der Waals surface area (Å²) in [5.74, 6) is 1.37. The van der Waals surface area contributed by atoms with Crippen molar-refractivity contribution in [1.82, 2.24) is 0 Å². The van der Waals surface area contributed by atoms with Gasteiger partial charge in [-0.05, 0) is 51.3 Å². The molecule has 0 aromatic heterocycles. The highest BCUT2D eigenvalue weighted by Crippen LogP contribution is 2.28. The van der Waals surface area contributed by atoms with Crippen LogP contribution in [0.25, 0.3) is 0 Å². The van der Waals surface area contributed by atoms with Gasteiger partial charge in [0.15, 0.2) is 0 Å². The molecule has 0 bridgehead atoms. The second kappa shape index (κ2) is 6.97. The largest absolute Gasteiger partial charge is 0.496 e. The van der Waals surface area contributed by atoms with Gasteiger partial charge in [0.1, 0.15) is 18.1 Å². The number of hydrogen-bond donors (Lipinski definition) is 1. The van der Waals surface area contributed by atoms with Gasteiger partial charge in [0, 0.05) is 0 Å². The van der Waals surface area contributed by atoms with Crippen molar-refractivity contribution in [2.24, 2.45) is 0 Å². The average Bonchev–Trinajstić information content (AvgIpc) is 2.46. The van der Waals surface area contributed by atoms with Gasteiger partial charge in [0.05, 0.1) is 23.2 Å². The van der Waals surface area contributed by atoms with E-state index in [2.05, 4.69) is 15.9 Å². The third-order valence-corrected chi connectivity index (χ3v) is 3.70. The van der Waals surface area contributed by atoms with Crippen molar-refractivity contribution < 1.29 is 14.6 Å². The Hall–Kier alpha value is -1.23. The minimum Gasteiger partial charge on any atom is -0.496 e. The van der Waals surface area contributed by atoms with Crippen molar-refractivity contribution in [1.29, 1.82) is 0 Å². The van der Waals surface area contributed by atoms with Gasteiger partial charge in [-0.25, -0.2) is 0 Å². The van der Waals surface area contributed by atoms with E-state index in [0.717, 1.165) is 21.3 Å². The predicted octanol–water partition coefficient (Wildman–Crippen LogP) is 4.18. The zero-order valence-electron chi connectivity index (χ0n) is 10.9. The van der Waals surface area contributed by atoms with Crippen LogP contribution in [-0.4, -0.2) is 12.2 Å². The Morgan fingerprint density at radius 3 is 2.40 bits per heavy atom. The summed E-state index contributed by atoms with van der Waals surface area (Å²) in [4.78, 5) is 0. The molecule has 2 aromatic rings. The number of benzene rings is 2. The molecule has 106 valence electrons. The monoisotopic (exact) mass is 356 g/mol. The minimum atomic E-state index is -0.0363. The summed E-state index contributed by atoms with van der Waals surface area (Å²) in [7, 11) is 1.62. The van der Waals surface area contributed by atoms with Crippen LogP contribution in [0.4, 0.5) is 0 Å². The average molecular weight is 358 g/mol. The van der Waals surface area contributed by atoms with Crippen LogP contribution in [0.2, 0.25) is 5.02 Å². The molecule has 3 nitrogen and oxygen atoms in total. The van der Waals surface area contributed by atoms with Crippen LogP contribution in [0, 0.1) is 0 Å². The maximum atomic E-state index is 9.02. The standard InChI is InChI=1S/C15H14BrClO3/c1-19-14-4-3-11(6-12(14)16)9-20-15-5-2-10(8-18)7-13(15)17/h2-7,18H,8-9H2,1H3. The van der Waals surface area contributed by atoms with Crippen molar-refractivity contribution in [3.63, 3.8) is 0 Å². The summed E-state index contributed by atoms with van der Waals surface area (Å²) in [6.07, 6.45) is 0. The molecular weight excluding hydrogens is 344 g/mol. The highest BCUT2D eigenvalue weighted by molar-refractivity contribution is 9.10. The summed E-state index contributed by atoms with van der Waals surface area (Å²) in [5, 5.41) is 9.51. The molecule has 0 saturated heterocycles. The fourth-order valence-corrected chi connectivity index (χ4v) is 2.57. The zero-order valence-corrected chi connectivity index (χ0v) is 13.2. The number of aliphatic hydroxyl groups excluding tert-OH is 1. The molecule has 2 aromatic carbocycles. The molecule has 0 radical (unpaired) electrons. The molecule has 0 amide bonds. The van der Waals surface area contributed by atoms with Gasteiger partial charge in [0.2, 0.25) is 0 Å². The molecule has 20 heavy (non-hydrogen) atoms. The first kappa shape index (κ1) is 15.2. The van der Waals surface area contributed by atoms with E-state index in [9.17, 15) is 0 Å². The van der Waals surface area contributed by atoms with E-state index in [1.54, 1.807) is 25.3 Å². The minimum absolute atomic E-state index is 0.0363. The first-order valence-electron chi connectivity index (χ1n) is 5.98. The molecule has 0 aliphatic heterocycles. The van der Waals surface area contributed by atoms with E-state index in [1.165, 1.54) is 0 Å². The maximum absolute atomic E-state index is 9.02. The SMILES string of the molecule is COc1ccc(COc2ccc(CO)cc2Cl)cc1Br. The first-order valence-corrected chi connectivity index (χ1v) is 7.15. The number of methoxy groups -OCH3 is 1. The maximum Gasteiger partial charge on any atom is 0.138 e. The predicted molar refractivity (Wildman–Crippen MR) is 82.4 cm³/mol. The molecule has 0 atom stereocenters. The van der Waals surface area contributed by atoms with Gasteiger partial charge in [-0.2, -0.15) is 0 Å². The lowest BCUT2D eigenvalue weighted by Gasteiger charge is -2.10. The quantitative estimate of drug-likeness (QED) is 0.872. The topological polar surface area (TPSA) is 38.7 Å². The molecule has 0 aliphatic carbocycles. The van der Waals surface area contributed by atoms with E-state index in [1.807, 2.05) is 18.2 Å². The second-order valence-electron chi connectivity index (χ2n) is 4.18. The van der Waals surface area contributed by atoms with Crippen molar-refractivity contribution in [3.05, 3.63) is 57.0 Å². The van der Waals surface area contributed by atoms with Gasteiger partial charge < -0.3 is 14.6 Å². The number of hydrogen-bond acceptors (Lipinski definition) is 3. The second-order valence-corrected chi connectivity index (χ2v) is 5.44. The zero-order chi connectivity index (χ0) is 14.5. The number of aliphatic hydroxyl groups is 1. The Morgan fingerprint density at radius 2 is 1.80 bits per heavy atom. The molecular formula is C15H14BrClO3. The van der Waals surface area contributed by atoms with Gasteiger partial charge >= 0.3 is 0 Å². The van der Waals surface area contributed by atoms with Crippen molar-refractivity contribution >= 4 is 27.5 Å². The van der Waals surface area contributed by atoms with E-state index >= 15 is 0 Å². The molecule has 1 N–H and O–H groups in total. The first-order chi connectivity index (χ1) is 9.63. The van der Waals surface area contributed by atoms with Gasteiger partial charge in [-0.3, -0.25) is 0 Å². The fraction of sp³-hybridized carbons (Fsp3) is 0.200. The Bertz CT molecular complexity index is 602. The van der Waals surface area contributed by atoms with E-state index < -0.39 is 0 Å². The molecule has 0 saturated carbocycles. The van der Waals surface area contributed by atoms with Crippen LogP contribution in [0.3, 0.4) is 0 Å². The highest BCUT2D eigenvalue weighted by atomic mass is 79.9. The summed E-state index contributed by atoms with van der Waals surface area (Å²) >= 11 is 9.52. The van der Waals surface area contributed by atoms with Gasteiger partial charge in [0.25, 0.3) is 0 Å². The molecule has 0 spiro atoms. The lowest BCUT2D eigenvalue weighted by molar-refractivity contribution is 0.280. The van der Waals surface area contributed by atoms with E-state index in [-0.39, 0.29) is 6.61 Å². The Balaban J connectivity index is 2.07. The Labute approximate surface area is 131 Å². The lowest BCUT2D eigenvalue weighted by atomic mass is 10.2. The third-order valence-electron chi connectivity index (χ3n) is 2.79. The molecule has 0 unspecified atom stereocenters. The molecule has 0 fully saturated rings. The van der Waals surface area contributed by atoms with Crippen LogP contribution in [0.15, 0.2) is 40.9 Å². The summed E-state index contributed by atoms with van der Waals surface area (Å²) in [5.41, 5.74) is 1.76. The van der Waals surface area contributed by atoms with Crippen LogP contribution >= 0.6 is 27.5 Å². The number of ether oxygens (including phenoxy) is 2. The summed E-state index contributed by atoms with van der Waals surface area (Å²) in [6, 6.07) is 11.0. The molecule has 0 heterocycles. The Kier molecular flexibility index (Phi) is 5.29. The van der Waals surface area contributed by atoms with Crippen molar-refractivity contribution in [2.75, 3.05) is 7.11 Å². The molecule has 5 heteroatoms. The summed E-state index contributed by atoms with van der Waals surface area (Å²) < 4.78 is 11.7. The van der Waals surface area contributed by atoms with E-state index in [0.29, 0.717) is 17.4 Å². The van der Waals surface area contributed by atoms with Crippen LogP contribution in [0.1, 0.15) is 11.1 Å².